The molecule has 0 fully saturated rings. The predicted molar refractivity (Wildman–Crippen MR) is 130 cm³/mol. The van der Waals surface area contributed by atoms with Gasteiger partial charge in [0.25, 0.3) is 5.91 Å². The van der Waals surface area contributed by atoms with Gasteiger partial charge in [0.15, 0.2) is 5.78 Å². The van der Waals surface area contributed by atoms with Gasteiger partial charge in [-0.2, -0.15) is 0 Å². The summed E-state index contributed by atoms with van der Waals surface area (Å²) in [5.74, 6) is -1.85. The van der Waals surface area contributed by atoms with Gasteiger partial charge in [-0.1, -0.05) is 42.5 Å². The molecule has 1 heterocycles. The number of halogens is 2. The molecule has 0 unspecified atom stereocenters. The third-order valence-electron chi connectivity index (χ3n) is 6.65. The molecule has 0 spiro atoms. The molecule has 0 saturated carbocycles. The van der Waals surface area contributed by atoms with Gasteiger partial charge in [-0.3, -0.25) is 9.59 Å². The number of hydrogen-bond donors (Lipinski definition) is 2. The highest BCUT2D eigenvalue weighted by molar-refractivity contribution is 6.10. The Hall–Kier alpha value is -4.06. The summed E-state index contributed by atoms with van der Waals surface area (Å²) in [4.78, 5) is 27.0. The first-order valence-corrected chi connectivity index (χ1v) is 11.5. The molecule has 2 N–H and O–H groups in total. The Labute approximate surface area is 202 Å². The molecular weight excluding hydrogens is 446 g/mol. The normalized spacial score (nSPS) is 19.8. The van der Waals surface area contributed by atoms with Crippen LogP contribution in [0.4, 0.5) is 14.5 Å². The Balaban J connectivity index is 1.55. The lowest BCUT2D eigenvalue weighted by Gasteiger charge is -2.37. The Morgan fingerprint density at radius 1 is 0.857 bits per heavy atom. The second-order valence-electron chi connectivity index (χ2n) is 8.94. The van der Waals surface area contributed by atoms with Crippen LogP contribution in [0.2, 0.25) is 0 Å². The average molecular weight is 471 g/mol. The molecule has 35 heavy (non-hydrogen) atoms. The quantitative estimate of drug-likeness (QED) is 0.494. The summed E-state index contributed by atoms with van der Waals surface area (Å²) in [6, 6.07) is 21.3. The van der Waals surface area contributed by atoms with Crippen LogP contribution < -0.4 is 10.6 Å². The largest absolute Gasteiger partial charge is 0.362 e. The molecule has 2 atom stereocenters. The minimum absolute atomic E-state index is 0.0335. The van der Waals surface area contributed by atoms with Gasteiger partial charge in [0, 0.05) is 40.6 Å². The topological polar surface area (TPSA) is 58.2 Å². The highest BCUT2D eigenvalue weighted by Crippen LogP contribution is 2.45. The molecule has 0 aromatic heterocycles. The molecule has 3 aromatic rings. The van der Waals surface area contributed by atoms with Crippen molar-refractivity contribution >= 4 is 17.4 Å². The van der Waals surface area contributed by atoms with Crippen LogP contribution in [0.1, 0.15) is 42.7 Å². The lowest BCUT2D eigenvalue weighted by molar-refractivity contribution is -0.116. The van der Waals surface area contributed by atoms with Crippen molar-refractivity contribution in [1.82, 2.24) is 5.32 Å². The number of nitrogens with one attached hydrogen (secondary N) is 2. The highest BCUT2D eigenvalue weighted by Gasteiger charge is 2.40. The number of ketones is 1. The van der Waals surface area contributed by atoms with Crippen molar-refractivity contribution in [2.45, 2.75) is 31.6 Å². The van der Waals surface area contributed by atoms with E-state index in [2.05, 4.69) is 10.6 Å². The maximum Gasteiger partial charge on any atom is 0.254 e. The monoisotopic (exact) mass is 470 g/mol. The van der Waals surface area contributed by atoms with Crippen molar-refractivity contribution in [3.8, 4) is 0 Å². The van der Waals surface area contributed by atoms with Crippen molar-refractivity contribution in [3.05, 3.63) is 124 Å². The molecule has 0 saturated heterocycles. The lowest BCUT2D eigenvalue weighted by atomic mass is 9.71. The first-order chi connectivity index (χ1) is 16.9. The first kappa shape index (κ1) is 22.7. The fourth-order valence-electron chi connectivity index (χ4n) is 5.02. The number of dihydropyridines is 1. The predicted octanol–water partition coefficient (Wildman–Crippen LogP) is 5.97. The van der Waals surface area contributed by atoms with E-state index in [1.807, 2.05) is 30.3 Å². The fraction of sp³-hybridized carbons (Fsp3) is 0.172. The Bertz CT molecular complexity index is 1340. The number of carbonyl (C=O) groups excluding carboxylic acids is 2. The van der Waals surface area contributed by atoms with Crippen LogP contribution in [0, 0.1) is 11.6 Å². The summed E-state index contributed by atoms with van der Waals surface area (Å²) in [5.41, 5.74) is 4.53. The van der Waals surface area contributed by atoms with E-state index in [0.29, 0.717) is 40.9 Å². The molecule has 6 heteroatoms. The molecule has 5 rings (SSSR count). The van der Waals surface area contributed by atoms with Crippen LogP contribution in [-0.4, -0.2) is 11.7 Å². The molecule has 0 bridgehead atoms. The Kier molecular flexibility index (Phi) is 6.03. The number of Topliss-reactive ketones (excluding diaryl/α,β-unsaturated/α-hetero) is 1. The minimum Gasteiger partial charge on any atom is -0.362 e. The van der Waals surface area contributed by atoms with E-state index in [1.54, 1.807) is 19.1 Å². The van der Waals surface area contributed by atoms with Crippen LogP contribution in [0.5, 0.6) is 0 Å². The summed E-state index contributed by atoms with van der Waals surface area (Å²) >= 11 is 0. The zero-order valence-corrected chi connectivity index (χ0v) is 19.1. The van der Waals surface area contributed by atoms with Crippen molar-refractivity contribution in [2.75, 3.05) is 5.32 Å². The van der Waals surface area contributed by atoms with E-state index in [0.717, 1.165) is 11.3 Å². The zero-order chi connectivity index (χ0) is 24.5. The smallest absolute Gasteiger partial charge is 0.254 e. The fourth-order valence-corrected chi connectivity index (χ4v) is 5.02. The van der Waals surface area contributed by atoms with Gasteiger partial charge in [0.2, 0.25) is 0 Å². The number of anilines is 1. The molecular formula is C29H24F2N2O2. The third kappa shape index (κ3) is 4.52. The summed E-state index contributed by atoms with van der Waals surface area (Å²) in [6.45, 7) is 1.80. The van der Waals surface area contributed by atoms with Gasteiger partial charge in [-0.15, -0.1) is 0 Å². The van der Waals surface area contributed by atoms with Crippen LogP contribution in [0.3, 0.4) is 0 Å². The van der Waals surface area contributed by atoms with Gasteiger partial charge < -0.3 is 10.6 Å². The third-order valence-corrected chi connectivity index (χ3v) is 6.65. The van der Waals surface area contributed by atoms with E-state index in [4.69, 9.17) is 0 Å². The summed E-state index contributed by atoms with van der Waals surface area (Å²) in [6.07, 6.45) is 0.959. The van der Waals surface area contributed by atoms with Gasteiger partial charge in [-0.05, 0) is 66.8 Å². The maximum absolute atomic E-state index is 13.7. The molecule has 1 aliphatic carbocycles. The summed E-state index contributed by atoms with van der Waals surface area (Å²) < 4.78 is 27.1. The number of carbonyl (C=O) groups is 2. The van der Waals surface area contributed by atoms with Gasteiger partial charge in [-0.25, -0.2) is 8.78 Å². The molecule has 176 valence electrons. The molecule has 0 radical (unpaired) electrons. The van der Waals surface area contributed by atoms with Crippen molar-refractivity contribution in [1.29, 1.82) is 0 Å². The summed E-state index contributed by atoms with van der Waals surface area (Å²) in [5, 5.41) is 6.14. The highest BCUT2D eigenvalue weighted by atomic mass is 19.1. The van der Waals surface area contributed by atoms with Crippen LogP contribution in [0.25, 0.3) is 0 Å². The molecule has 1 aliphatic heterocycles. The maximum atomic E-state index is 13.7. The molecule has 1 amide bonds. The second kappa shape index (κ2) is 9.29. The number of benzene rings is 3. The van der Waals surface area contributed by atoms with Crippen LogP contribution in [-0.2, 0) is 9.59 Å². The van der Waals surface area contributed by atoms with E-state index in [-0.39, 0.29) is 11.7 Å². The Morgan fingerprint density at radius 3 is 2.14 bits per heavy atom. The molecule has 3 aromatic carbocycles. The minimum atomic E-state index is -0.642. The summed E-state index contributed by atoms with van der Waals surface area (Å²) in [7, 11) is 0. The van der Waals surface area contributed by atoms with E-state index >= 15 is 0 Å². The van der Waals surface area contributed by atoms with Crippen LogP contribution in [0.15, 0.2) is 101 Å². The van der Waals surface area contributed by atoms with E-state index in [9.17, 15) is 18.4 Å². The molecule has 2 aliphatic rings. The van der Waals surface area contributed by atoms with Crippen molar-refractivity contribution in [2.24, 2.45) is 0 Å². The lowest BCUT2D eigenvalue weighted by Crippen LogP contribution is -2.37. The number of allylic oxidation sites excluding steroid dienone is 3. The van der Waals surface area contributed by atoms with Crippen molar-refractivity contribution in [3.63, 3.8) is 0 Å². The first-order valence-electron chi connectivity index (χ1n) is 11.5. The van der Waals surface area contributed by atoms with Crippen molar-refractivity contribution < 1.29 is 18.4 Å². The van der Waals surface area contributed by atoms with Gasteiger partial charge >= 0.3 is 0 Å². The number of rotatable bonds is 4. The van der Waals surface area contributed by atoms with Gasteiger partial charge in [0.05, 0.1) is 0 Å². The second-order valence-corrected chi connectivity index (χ2v) is 8.94. The number of hydrogen-bond acceptors (Lipinski definition) is 3. The number of amides is 1. The SMILES string of the molecule is CC1=C(C(=O)Nc2ccc(F)cc2)[C@H](c2ccc(F)cc2)C2=C(C[C@@H](c3ccccc3)CC2=O)N1. The standard InChI is InChI=1S/C29H24F2N2O2/c1-17-26(29(35)33-23-13-11-22(31)12-14-23)27(19-7-9-21(30)10-8-19)28-24(32-17)15-20(16-25(28)34)18-5-3-2-4-6-18/h2-14,20,27,32H,15-16H2,1H3,(H,33,35)/t20-,27+/m1/s1. The Morgan fingerprint density at radius 2 is 1.49 bits per heavy atom. The molecule has 4 nitrogen and oxygen atoms in total. The van der Waals surface area contributed by atoms with E-state index in [1.165, 1.54) is 36.4 Å². The average Bonchev–Trinajstić information content (AvgIpc) is 2.85. The van der Waals surface area contributed by atoms with E-state index < -0.39 is 23.5 Å². The van der Waals surface area contributed by atoms with Crippen LogP contribution >= 0.6 is 0 Å². The van der Waals surface area contributed by atoms with Gasteiger partial charge in [0.1, 0.15) is 11.6 Å². The zero-order valence-electron chi connectivity index (χ0n) is 19.1.